The Morgan fingerprint density at radius 3 is 2.80 bits per heavy atom. The molecule has 0 unspecified atom stereocenters. The molecule has 0 bridgehead atoms. The molecule has 0 aromatic carbocycles. The van der Waals surface area contributed by atoms with Crippen molar-refractivity contribution in [2.24, 2.45) is 0 Å². The van der Waals surface area contributed by atoms with Gasteiger partial charge in [0, 0.05) is 13.0 Å². The van der Waals surface area contributed by atoms with Crippen molar-refractivity contribution in [3.63, 3.8) is 0 Å². The molecule has 1 aromatic rings. The predicted molar refractivity (Wildman–Crippen MR) is 69.5 cm³/mol. The topological polar surface area (TPSA) is 29.1 Å². The summed E-state index contributed by atoms with van der Waals surface area (Å²) < 4.78 is 1.38. The Morgan fingerprint density at radius 2 is 2.27 bits per heavy atom. The van der Waals surface area contributed by atoms with Gasteiger partial charge >= 0.3 is 0 Å². The number of thiophene rings is 1. The van der Waals surface area contributed by atoms with E-state index >= 15 is 0 Å². The average molecular weight is 284 g/mol. The summed E-state index contributed by atoms with van der Waals surface area (Å²) in [5.74, 6) is 0.582. The summed E-state index contributed by atoms with van der Waals surface area (Å²) in [6.07, 6.45) is 1.15. The maximum atomic E-state index is 11.1. The zero-order valence-electron chi connectivity index (χ0n) is 7.93. The molecule has 1 amide bonds. The number of carbonyl (C=O) groups excluding carboxylic acids is 1. The Morgan fingerprint density at radius 1 is 1.53 bits per heavy atom. The lowest BCUT2D eigenvalue weighted by Crippen LogP contribution is -2.25. The minimum absolute atomic E-state index is 0.0162. The van der Waals surface area contributed by atoms with Gasteiger partial charge in [0.1, 0.15) is 0 Å². The highest BCUT2D eigenvalue weighted by Crippen LogP contribution is 2.31. The molecule has 0 saturated carbocycles. The van der Waals surface area contributed by atoms with Crippen LogP contribution in [0, 0.1) is 0 Å². The normalized spacial score (nSPS) is 10.3. The quantitative estimate of drug-likeness (QED) is 0.800. The lowest BCUT2D eigenvalue weighted by molar-refractivity contribution is -0.120. The minimum Gasteiger partial charge on any atom is -0.356 e. The van der Waals surface area contributed by atoms with E-state index in [-0.39, 0.29) is 5.91 Å². The molecule has 0 fully saturated rings. The molecule has 15 heavy (non-hydrogen) atoms. The SMILES string of the molecule is O=C(CCS)NCCc1cc(Cl)sc1Cl. The molecule has 1 N–H and O–H groups in total. The first-order valence-corrected chi connectivity index (χ1v) is 6.65. The van der Waals surface area contributed by atoms with Crippen LogP contribution in [0.3, 0.4) is 0 Å². The van der Waals surface area contributed by atoms with Gasteiger partial charge in [-0.05, 0) is 23.8 Å². The molecule has 0 radical (unpaired) electrons. The second-order valence-electron chi connectivity index (χ2n) is 2.92. The van der Waals surface area contributed by atoms with E-state index in [4.69, 9.17) is 23.2 Å². The summed E-state index contributed by atoms with van der Waals surface area (Å²) in [6, 6.07) is 1.83. The molecule has 6 heteroatoms. The third-order valence-electron chi connectivity index (χ3n) is 1.78. The molecule has 1 heterocycles. The van der Waals surface area contributed by atoms with Gasteiger partial charge in [0.05, 0.1) is 8.67 Å². The fourth-order valence-corrected chi connectivity index (χ4v) is 2.82. The number of amides is 1. The highest BCUT2D eigenvalue weighted by molar-refractivity contribution is 7.80. The van der Waals surface area contributed by atoms with Gasteiger partial charge in [-0.2, -0.15) is 12.6 Å². The van der Waals surface area contributed by atoms with Crippen molar-refractivity contribution >= 4 is 53.1 Å². The molecule has 0 spiro atoms. The van der Waals surface area contributed by atoms with Crippen molar-refractivity contribution in [1.82, 2.24) is 5.32 Å². The second kappa shape index (κ2) is 6.63. The third kappa shape index (κ3) is 4.64. The third-order valence-corrected chi connectivity index (χ3v) is 3.58. The number of halogens is 2. The van der Waals surface area contributed by atoms with Crippen LogP contribution in [0.4, 0.5) is 0 Å². The van der Waals surface area contributed by atoms with Gasteiger partial charge in [0.2, 0.25) is 5.91 Å². The van der Waals surface area contributed by atoms with Crippen LogP contribution in [0.25, 0.3) is 0 Å². The van der Waals surface area contributed by atoms with Gasteiger partial charge in [-0.25, -0.2) is 0 Å². The van der Waals surface area contributed by atoms with Crippen LogP contribution in [0.15, 0.2) is 6.07 Å². The lowest BCUT2D eigenvalue weighted by atomic mass is 10.2. The second-order valence-corrected chi connectivity index (χ2v) is 5.66. The largest absolute Gasteiger partial charge is 0.356 e. The highest BCUT2D eigenvalue weighted by atomic mass is 35.5. The zero-order chi connectivity index (χ0) is 11.3. The van der Waals surface area contributed by atoms with Crippen LogP contribution >= 0.6 is 47.2 Å². The van der Waals surface area contributed by atoms with Gasteiger partial charge in [-0.3, -0.25) is 4.79 Å². The number of hydrogen-bond donors (Lipinski definition) is 2. The van der Waals surface area contributed by atoms with Gasteiger partial charge in [-0.1, -0.05) is 23.2 Å². The van der Waals surface area contributed by atoms with Crippen LogP contribution in [0.2, 0.25) is 8.67 Å². The fourth-order valence-electron chi connectivity index (χ4n) is 1.07. The first kappa shape index (κ1) is 13.2. The van der Waals surface area contributed by atoms with E-state index in [1.54, 1.807) is 0 Å². The summed E-state index contributed by atoms with van der Waals surface area (Å²) in [5.41, 5.74) is 0.984. The van der Waals surface area contributed by atoms with E-state index in [0.29, 0.717) is 33.8 Å². The van der Waals surface area contributed by atoms with E-state index in [2.05, 4.69) is 17.9 Å². The molecular formula is C9H11Cl2NOS2. The summed E-state index contributed by atoms with van der Waals surface area (Å²) in [4.78, 5) is 11.1. The van der Waals surface area contributed by atoms with Gasteiger partial charge in [0.25, 0.3) is 0 Å². The Labute approximate surface area is 108 Å². The van der Waals surface area contributed by atoms with E-state index in [0.717, 1.165) is 5.56 Å². The summed E-state index contributed by atoms with van der Waals surface area (Å²) >= 11 is 17.0. The number of hydrogen-bond acceptors (Lipinski definition) is 3. The van der Waals surface area contributed by atoms with Crippen LogP contribution in [-0.4, -0.2) is 18.2 Å². The standard InChI is InChI=1S/C9H11Cl2NOS2/c10-7-5-6(9(11)15-7)1-3-12-8(13)2-4-14/h5,14H,1-4H2,(H,12,13). The maximum Gasteiger partial charge on any atom is 0.220 e. The van der Waals surface area contributed by atoms with Gasteiger partial charge < -0.3 is 5.32 Å². The van der Waals surface area contributed by atoms with E-state index in [9.17, 15) is 4.79 Å². The number of nitrogens with one attached hydrogen (secondary N) is 1. The molecule has 0 aliphatic heterocycles. The molecule has 0 saturated heterocycles. The van der Waals surface area contributed by atoms with Gasteiger partial charge in [0.15, 0.2) is 0 Å². The molecule has 0 aliphatic rings. The van der Waals surface area contributed by atoms with Crippen molar-refractivity contribution in [2.75, 3.05) is 12.3 Å². The minimum atomic E-state index is 0.0162. The Kier molecular flexibility index (Phi) is 5.82. The number of carbonyl (C=O) groups is 1. The van der Waals surface area contributed by atoms with Crippen molar-refractivity contribution < 1.29 is 4.79 Å². The van der Waals surface area contributed by atoms with Crippen molar-refractivity contribution in [3.8, 4) is 0 Å². The van der Waals surface area contributed by atoms with Crippen LogP contribution in [0.1, 0.15) is 12.0 Å². The van der Waals surface area contributed by atoms with E-state index < -0.39 is 0 Å². The molecular weight excluding hydrogens is 273 g/mol. The predicted octanol–water partition coefficient (Wildman–Crippen LogP) is 3.03. The highest BCUT2D eigenvalue weighted by Gasteiger charge is 2.06. The van der Waals surface area contributed by atoms with Crippen LogP contribution < -0.4 is 5.32 Å². The van der Waals surface area contributed by atoms with Crippen LogP contribution in [0.5, 0.6) is 0 Å². The molecule has 0 atom stereocenters. The Bertz CT molecular complexity index is 341. The first-order chi connectivity index (χ1) is 7.13. The lowest BCUT2D eigenvalue weighted by Gasteiger charge is -2.02. The molecule has 84 valence electrons. The fraction of sp³-hybridized carbons (Fsp3) is 0.444. The van der Waals surface area contributed by atoms with Crippen molar-refractivity contribution in [3.05, 3.63) is 20.3 Å². The smallest absolute Gasteiger partial charge is 0.220 e. The number of thiol groups is 1. The van der Waals surface area contributed by atoms with E-state index in [1.165, 1.54) is 11.3 Å². The monoisotopic (exact) mass is 283 g/mol. The van der Waals surface area contributed by atoms with Crippen LogP contribution in [-0.2, 0) is 11.2 Å². The Balaban J connectivity index is 2.31. The zero-order valence-corrected chi connectivity index (χ0v) is 11.1. The van der Waals surface area contributed by atoms with Gasteiger partial charge in [-0.15, -0.1) is 11.3 Å². The maximum absolute atomic E-state index is 11.1. The number of rotatable bonds is 5. The summed E-state index contributed by atoms with van der Waals surface area (Å²) in [5, 5.41) is 2.78. The summed E-state index contributed by atoms with van der Waals surface area (Å²) in [7, 11) is 0. The first-order valence-electron chi connectivity index (χ1n) is 4.44. The average Bonchev–Trinajstić information content (AvgIpc) is 2.46. The van der Waals surface area contributed by atoms with Crippen molar-refractivity contribution in [1.29, 1.82) is 0 Å². The van der Waals surface area contributed by atoms with E-state index in [1.807, 2.05) is 6.07 Å². The summed E-state index contributed by atoms with van der Waals surface area (Å²) in [6.45, 7) is 0.583. The molecule has 2 nitrogen and oxygen atoms in total. The molecule has 0 aliphatic carbocycles. The Hall–Kier alpha value is 0.1000. The molecule has 1 aromatic heterocycles. The molecule has 1 rings (SSSR count). The van der Waals surface area contributed by atoms with Crippen molar-refractivity contribution in [2.45, 2.75) is 12.8 Å².